The number of hydrogen-bond acceptors (Lipinski definition) is 0. The van der Waals surface area contributed by atoms with E-state index >= 15 is 0 Å². The van der Waals surface area contributed by atoms with Crippen molar-refractivity contribution in [3.8, 4) is 0 Å². The number of hydrogen-bond donors (Lipinski definition) is 0. The minimum absolute atomic E-state index is 1.04. The topological polar surface area (TPSA) is 0 Å². The highest BCUT2D eigenvalue weighted by molar-refractivity contribution is 5.13. The summed E-state index contributed by atoms with van der Waals surface area (Å²) in [5.41, 5.74) is 1.41. The Morgan fingerprint density at radius 3 is 1.16 bits per heavy atom. The van der Waals surface area contributed by atoms with Crippen LogP contribution < -0.4 is 0 Å². The first-order chi connectivity index (χ1) is 15.6. The molecule has 0 nitrogen and oxygen atoms in total. The Morgan fingerprint density at radius 1 is 0.562 bits per heavy atom. The van der Waals surface area contributed by atoms with Gasteiger partial charge < -0.3 is 0 Å². The highest BCUT2D eigenvalue weighted by atomic mass is 14.2. The zero-order valence-corrected chi connectivity index (χ0v) is 23.1. The second-order valence-electron chi connectivity index (χ2n) is 10.6. The smallest absolute Gasteiger partial charge is 0.0307 e. The van der Waals surface area contributed by atoms with Crippen LogP contribution in [0.25, 0.3) is 0 Å². The predicted molar refractivity (Wildman–Crippen MR) is 149 cm³/mol. The van der Waals surface area contributed by atoms with Gasteiger partial charge in [-0.25, -0.2) is 0 Å². The van der Waals surface area contributed by atoms with Gasteiger partial charge in [0, 0.05) is 0 Å². The van der Waals surface area contributed by atoms with E-state index in [4.69, 9.17) is 0 Å². The first-order valence-corrected chi connectivity index (χ1v) is 14.6. The molecule has 3 aliphatic rings. The molecule has 0 N–H and O–H groups in total. The van der Waals surface area contributed by atoms with Crippen LogP contribution in [-0.2, 0) is 6.42 Å². The van der Waals surface area contributed by atoms with Gasteiger partial charge in [-0.05, 0) is 29.7 Å². The maximum Gasteiger partial charge on any atom is -0.0307 e. The molecule has 1 aromatic rings. The molecule has 0 atom stereocenters. The van der Waals surface area contributed by atoms with E-state index in [1.54, 1.807) is 0 Å². The lowest BCUT2D eigenvalue weighted by Gasteiger charge is -2.18. The van der Waals surface area contributed by atoms with Gasteiger partial charge in [-0.15, -0.1) is 0 Å². The molecule has 3 aliphatic carbocycles. The summed E-state index contributed by atoms with van der Waals surface area (Å²) in [6.07, 6.45) is 24.7. The molecule has 0 saturated heterocycles. The number of rotatable bonds is 2. The van der Waals surface area contributed by atoms with Crippen molar-refractivity contribution >= 4 is 0 Å². The summed E-state index contributed by atoms with van der Waals surface area (Å²) in [6.45, 7) is 13.4. The fourth-order valence-corrected chi connectivity index (χ4v) is 4.75. The highest BCUT2D eigenvalue weighted by Gasteiger charge is 2.09. The Hall–Kier alpha value is -0.780. The molecule has 0 heterocycles. The van der Waals surface area contributed by atoms with Gasteiger partial charge in [-0.3, -0.25) is 0 Å². The summed E-state index contributed by atoms with van der Waals surface area (Å²) >= 11 is 0. The third kappa shape index (κ3) is 19.9. The predicted octanol–water partition coefficient (Wildman–Crippen LogP) is 11.4. The van der Waals surface area contributed by atoms with Crippen molar-refractivity contribution in [3.05, 3.63) is 35.9 Å². The highest BCUT2D eigenvalue weighted by Crippen LogP contribution is 2.25. The zero-order valence-electron chi connectivity index (χ0n) is 23.1. The monoisotopic (exact) mass is 444 g/mol. The molecular weight excluding hydrogens is 384 g/mol. The van der Waals surface area contributed by atoms with Crippen LogP contribution in [0.2, 0.25) is 0 Å². The van der Waals surface area contributed by atoms with Crippen LogP contribution in [0, 0.1) is 17.8 Å². The third-order valence-electron chi connectivity index (χ3n) is 7.09. The van der Waals surface area contributed by atoms with Crippen LogP contribution in [0.1, 0.15) is 150 Å². The third-order valence-corrected chi connectivity index (χ3v) is 7.09. The lowest BCUT2D eigenvalue weighted by Crippen LogP contribution is -2.03. The summed E-state index contributed by atoms with van der Waals surface area (Å²) in [4.78, 5) is 0. The second-order valence-corrected chi connectivity index (χ2v) is 10.6. The summed E-state index contributed by atoms with van der Waals surface area (Å²) in [6, 6.07) is 10.5. The molecule has 32 heavy (non-hydrogen) atoms. The van der Waals surface area contributed by atoms with Crippen LogP contribution in [-0.4, -0.2) is 0 Å². The average Bonchev–Trinajstić information content (AvgIpc) is 3.33. The molecule has 0 amide bonds. The van der Waals surface area contributed by atoms with Gasteiger partial charge in [0.2, 0.25) is 0 Å². The van der Waals surface area contributed by atoms with Crippen molar-refractivity contribution in [2.75, 3.05) is 0 Å². The number of benzene rings is 1. The van der Waals surface area contributed by atoms with Crippen molar-refractivity contribution in [1.82, 2.24) is 0 Å². The van der Waals surface area contributed by atoms with Crippen molar-refractivity contribution in [2.45, 2.75) is 151 Å². The summed E-state index contributed by atoms with van der Waals surface area (Å²) < 4.78 is 0. The lowest BCUT2D eigenvalue weighted by molar-refractivity contribution is 0.349. The molecule has 3 fully saturated rings. The van der Waals surface area contributed by atoms with Crippen LogP contribution in [0.5, 0.6) is 0 Å². The van der Waals surface area contributed by atoms with Crippen LogP contribution in [0.15, 0.2) is 30.3 Å². The van der Waals surface area contributed by atoms with E-state index in [0.29, 0.717) is 0 Å². The van der Waals surface area contributed by atoms with E-state index in [1.807, 2.05) is 6.07 Å². The zero-order chi connectivity index (χ0) is 23.9. The van der Waals surface area contributed by atoms with E-state index < -0.39 is 0 Å². The van der Waals surface area contributed by atoms with Gasteiger partial charge in [-0.1, -0.05) is 175 Å². The van der Waals surface area contributed by atoms with Crippen LogP contribution >= 0.6 is 0 Å². The SMILES string of the molecule is CC1CCCC1.CC1CCCCC1.CCC.CCC1CCCCC1.CCc1ccccc1. The first-order valence-electron chi connectivity index (χ1n) is 14.6. The van der Waals surface area contributed by atoms with E-state index in [2.05, 4.69) is 65.8 Å². The second kappa shape index (κ2) is 23.4. The van der Waals surface area contributed by atoms with Gasteiger partial charge >= 0.3 is 0 Å². The Balaban J connectivity index is 0.000000386. The van der Waals surface area contributed by atoms with Gasteiger partial charge in [-0.2, -0.15) is 0 Å². The number of aryl methyl sites for hydroxylation is 1. The average molecular weight is 445 g/mol. The van der Waals surface area contributed by atoms with E-state index in [0.717, 1.165) is 24.2 Å². The van der Waals surface area contributed by atoms with Crippen LogP contribution in [0.4, 0.5) is 0 Å². The molecule has 0 heteroatoms. The molecular formula is C32H60. The summed E-state index contributed by atoms with van der Waals surface area (Å²) in [5.74, 6) is 3.17. The van der Waals surface area contributed by atoms with Crippen molar-refractivity contribution < 1.29 is 0 Å². The minimum atomic E-state index is 1.04. The molecule has 3 saturated carbocycles. The first kappa shape index (κ1) is 31.2. The van der Waals surface area contributed by atoms with E-state index in [1.165, 1.54) is 108 Å². The molecule has 0 bridgehead atoms. The molecule has 0 unspecified atom stereocenters. The summed E-state index contributed by atoms with van der Waals surface area (Å²) in [7, 11) is 0. The Morgan fingerprint density at radius 2 is 0.938 bits per heavy atom. The Labute approximate surface area is 204 Å². The molecule has 0 spiro atoms. The van der Waals surface area contributed by atoms with Gasteiger partial charge in [0.05, 0.1) is 0 Å². The van der Waals surface area contributed by atoms with Crippen LogP contribution in [0.3, 0.4) is 0 Å². The molecule has 4 rings (SSSR count). The molecule has 0 aromatic heterocycles. The lowest BCUT2D eigenvalue weighted by atomic mass is 9.88. The van der Waals surface area contributed by atoms with Crippen molar-refractivity contribution in [1.29, 1.82) is 0 Å². The van der Waals surface area contributed by atoms with E-state index in [9.17, 15) is 0 Å². The largest absolute Gasteiger partial charge is 0.0656 e. The minimum Gasteiger partial charge on any atom is -0.0656 e. The van der Waals surface area contributed by atoms with Crippen molar-refractivity contribution in [2.24, 2.45) is 17.8 Å². The standard InChI is InChI=1S/C8H16.C8H10.C7H14.C6H12.C3H8/c2*1-2-8-6-4-3-5-7-8;1-7-5-3-2-4-6-7;1-6-4-2-3-5-6;1-3-2/h8H,2-7H2,1H3;3-7H,2H2,1H3;7H,2-6H2,1H3;6H,2-5H2,1H3;3H2,1-2H3. The molecule has 0 aliphatic heterocycles. The van der Waals surface area contributed by atoms with Gasteiger partial charge in [0.25, 0.3) is 0 Å². The molecule has 188 valence electrons. The molecule has 0 radical (unpaired) electrons. The van der Waals surface area contributed by atoms with Gasteiger partial charge in [0.1, 0.15) is 0 Å². The fourth-order valence-electron chi connectivity index (χ4n) is 4.75. The van der Waals surface area contributed by atoms with Crippen molar-refractivity contribution in [3.63, 3.8) is 0 Å². The maximum atomic E-state index is 2.36. The van der Waals surface area contributed by atoms with E-state index in [-0.39, 0.29) is 0 Å². The molecule has 1 aromatic carbocycles. The normalized spacial score (nSPS) is 19.1. The Kier molecular flexibility index (Phi) is 22.8. The quantitative estimate of drug-likeness (QED) is 0.425. The summed E-state index contributed by atoms with van der Waals surface area (Å²) in [5, 5.41) is 0. The Bertz CT molecular complexity index is 444. The maximum absolute atomic E-state index is 2.36. The fraction of sp³-hybridized carbons (Fsp3) is 0.812. The van der Waals surface area contributed by atoms with Gasteiger partial charge in [0.15, 0.2) is 0 Å².